The molecule has 3 N–H and O–H groups in total. The monoisotopic (exact) mass is 399 g/mol. The molecule has 1 aromatic carbocycles. The van der Waals surface area contributed by atoms with Crippen molar-refractivity contribution < 1.29 is 22.7 Å². The van der Waals surface area contributed by atoms with Crippen LogP contribution in [0.25, 0.3) is 10.9 Å². The van der Waals surface area contributed by atoms with Gasteiger partial charge in [0.2, 0.25) is 5.91 Å². The Morgan fingerprint density at radius 1 is 1.37 bits per heavy atom. The molecule has 0 aliphatic carbocycles. The lowest BCUT2D eigenvalue weighted by Crippen LogP contribution is -2.27. The second kappa shape index (κ2) is 7.91. The van der Waals surface area contributed by atoms with Gasteiger partial charge < -0.3 is 15.0 Å². The first-order chi connectivity index (χ1) is 12.8. The lowest BCUT2D eigenvalue weighted by molar-refractivity contribution is -0.274. The summed E-state index contributed by atoms with van der Waals surface area (Å²) in [6.07, 6.45) is -2.75. The Bertz CT molecular complexity index is 924. The van der Waals surface area contributed by atoms with E-state index in [4.69, 9.17) is 0 Å². The van der Waals surface area contributed by atoms with E-state index >= 15 is 0 Å². The minimum atomic E-state index is -4.74. The van der Waals surface area contributed by atoms with Gasteiger partial charge >= 0.3 is 6.36 Å². The lowest BCUT2D eigenvalue weighted by Gasteiger charge is -2.09. The first-order valence-corrected chi connectivity index (χ1v) is 8.92. The average Bonchev–Trinajstić information content (AvgIpc) is 3.20. The summed E-state index contributed by atoms with van der Waals surface area (Å²) in [5, 5.41) is 14.0. The Labute approximate surface area is 156 Å². The van der Waals surface area contributed by atoms with Gasteiger partial charge in [-0.25, -0.2) is 0 Å². The zero-order valence-electron chi connectivity index (χ0n) is 14.2. The van der Waals surface area contributed by atoms with Crippen LogP contribution < -0.4 is 10.1 Å². The van der Waals surface area contributed by atoms with Crippen LogP contribution in [0.3, 0.4) is 0 Å². The fourth-order valence-corrected chi connectivity index (χ4v) is 3.27. The fourth-order valence-electron chi connectivity index (χ4n) is 2.66. The predicted molar refractivity (Wildman–Crippen MR) is 93.5 cm³/mol. The molecule has 0 atom stereocenters. The van der Waals surface area contributed by atoms with Gasteiger partial charge in [-0.05, 0) is 37.1 Å². The van der Waals surface area contributed by atoms with Crippen molar-refractivity contribution in [3.63, 3.8) is 0 Å². The number of rotatable bonds is 7. The lowest BCUT2D eigenvalue weighted by atomic mass is 10.1. The number of carbonyl (C=O) groups excluding carboxylic acids is 1. The summed E-state index contributed by atoms with van der Waals surface area (Å²) in [6.45, 7) is 2.19. The molecule has 0 radical (unpaired) electrons. The third-order valence-electron chi connectivity index (χ3n) is 3.77. The van der Waals surface area contributed by atoms with E-state index in [-0.39, 0.29) is 17.4 Å². The number of fused-ring (bicyclic) bond motifs is 1. The van der Waals surface area contributed by atoms with E-state index in [0.29, 0.717) is 28.9 Å². The highest BCUT2D eigenvalue weighted by atomic mass is 32.2. The van der Waals surface area contributed by atoms with Crippen LogP contribution >= 0.6 is 11.8 Å². The van der Waals surface area contributed by atoms with Crippen LogP contribution in [0.15, 0.2) is 29.4 Å². The van der Waals surface area contributed by atoms with Gasteiger partial charge in [0.25, 0.3) is 0 Å². The molecule has 0 unspecified atom stereocenters. The van der Waals surface area contributed by atoms with Crippen molar-refractivity contribution in [1.29, 1.82) is 0 Å². The molecule has 3 aromatic rings. The second-order valence-corrected chi connectivity index (χ2v) is 6.68. The summed E-state index contributed by atoms with van der Waals surface area (Å²) in [5.41, 5.74) is 2.38. The van der Waals surface area contributed by atoms with E-state index in [2.05, 4.69) is 30.4 Å². The topological polar surface area (TPSA) is 95.7 Å². The summed E-state index contributed by atoms with van der Waals surface area (Å²) in [6, 6.07) is 4.16. The number of amides is 1. The molecule has 0 bridgehead atoms. The maximum Gasteiger partial charge on any atom is 0.573 e. The Hall–Kier alpha value is -2.69. The number of thioether (sulfide) groups is 1. The molecule has 0 aliphatic rings. The van der Waals surface area contributed by atoms with E-state index in [0.717, 1.165) is 11.3 Å². The Kier molecular flexibility index (Phi) is 5.59. The molecular formula is C16H16F3N5O2S. The molecule has 2 heterocycles. The molecule has 11 heteroatoms. The number of aromatic nitrogens is 4. The molecule has 3 rings (SSSR count). The summed E-state index contributed by atoms with van der Waals surface area (Å²) in [4.78, 5) is 15.0. The van der Waals surface area contributed by atoms with Crippen LogP contribution in [0, 0.1) is 6.92 Å². The van der Waals surface area contributed by atoms with Gasteiger partial charge in [0.15, 0.2) is 0 Å². The minimum Gasteiger partial charge on any atom is -0.406 e. The molecule has 1 amide bonds. The molecule has 0 spiro atoms. The molecule has 2 aromatic heterocycles. The zero-order chi connectivity index (χ0) is 19.4. The maximum absolute atomic E-state index is 12.4. The number of alkyl halides is 3. The van der Waals surface area contributed by atoms with Crippen molar-refractivity contribution in [3.8, 4) is 5.75 Å². The van der Waals surface area contributed by atoms with Crippen molar-refractivity contribution in [1.82, 2.24) is 25.7 Å². The molecule has 0 fully saturated rings. The molecule has 0 saturated carbocycles. The number of ether oxygens (including phenoxy) is 1. The molecule has 144 valence electrons. The summed E-state index contributed by atoms with van der Waals surface area (Å²) < 4.78 is 41.3. The number of aromatic amines is 2. The minimum absolute atomic E-state index is 0.165. The van der Waals surface area contributed by atoms with Crippen LogP contribution in [0.4, 0.5) is 13.2 Å². The number of nitrogens with one attached hydrogen (secondary N) is 3. The maximum atomic E-state index is 12.4. The van der Waals surface area contributed by atoms with Crippen molar-refractivity contribution in [2.45, 2.75) is 24.7 Å². The van der Waals surface area contributed by atoms with E-state index in [1.807, 2.05) is 6.92 Å². The number of hydrogen-bond donors (Lipinski definition) is 3. The number of aryl methyl sites for hydroxylation is 1. The van der Waals surface area contributed by atoms with Crippen molar-refractivity contribution in [2.24, 2.45) is 0 Å². The summed E-state index contributed by atoms with van der Waals surface area (Å²) in [5.74, 6) is -0.243. The average molecular weight is 399 g/mol. The van der Waals surface area contributed by atoms with Crippen molar-refractivity contribution in [2.75, 3.05) is 12.3 Å². The Balaban J connectivity index is 1.61. The van der Waals surface area contributed by atoms with Gasteiger partial charge in [-0.2, -0.15) is 10.3 Å². The number of benzene rings is 1. The third kappa shape index (κ3) is 5.16. The summed E-state index contributed by atoms with van der Waals surface area (Å²) in [7, 11) is 0. The molecular weight excluding hydrogens is 383 g/mol. The second-order valence-electron chi connectivity index (χ2n) is 5.68. The highest BCUT2D eigenvalue weighted by Gasteiger charge is 2.31. The SMILES string of the molecule is Cc1[nH]c2ccc(OC(F)(F)F)cc2c1CCNC(=O)CSc1cn[nH]n1. The quantitative estimate of drug-likeness (QED) is 0.531. The number of H-pyrrole nitrogens is 2. The van der Waals surface area contributed by atoms with E-state index < -0.39 is 6.36 Å². The van der Waals surface area contributed by atoms with Crippen LogP contribution in [0.2, 0.25) is 0 Å². The number of carbonyl (C=O) groups is 1. The van der Waals surface area contributed by atoms with Gasteiger partial charge in [-0.1, -0.05) is 11.8 Å². The van der Waals surface area contributed by atoms with E-state index in [1.165, 1.54) is 30.1 Å². The number of hydrogen-bond acceptors (Lipinski definition) is 5. The molecule has 7 nitrogen and oxygen atoms in total. The van der Waals surface area contributed by atoms with E-state index in [9.17, 15) is 18.0 Å². The first kappa shape index (κ1) is 19.1. The van der Waals surface area contributed by atoms with Crippen LogP contribution in [-0.2, 0) is 11.2 Å². The molecule has 27 heavy (non-hydrogen) atoms. The molecule has 0 aliphatic heterocycles. The fraction of sp³-hybridized carbons (Fsp3) is 0.312. The number of nitrogens with zero attached hydrogens (tertiary/aromatic N) is 2. The zero-order valence-corrected chi connectivity index (χ0v) is 15.0. The van der Waals surface area contributed by atoms with Crippen molar-refractivity contribution in [3.05, 3.63) is 35.7 Å². The Morgan fingerprint density at radius 2 is 2.19 bits per heavy atom. The van der Waals surface area contributed by atoms with Crippen LogP contribution in [0.1, 0.15) is 11.3 Å². The van der Waals surface area contributed by atoms with Crippen molar-refractivity contribution >= 4 is 28.6 Å². The van der Waals surface area contributed by atoms with Gasteiger partial charge in [0.1, 0.15) is 10.8 Å². The molecule has 0 saturated heterocycles. The van der Waals surface area contributed by atoms with Gasteiger partial charge in [0, 0.05) is 23.1 Å². The largest absolute Gasteiger partial charge is 0.573 e. The van der Waals surface area contributed by atoms with Gasteiger partial charge in [-0.15, -0.1) is 18.3 Å². The smallest absolute Gasteiger partial charge is 0.406 e. The first-order valence-electron chi connectivity index (χ1n) is 7.94. The van der Waals surface area contributed by atoms with Crippen LogP contribution in [0.5, 0.6) is 5.75 Å². The Morgan fingerprint density at radius 3 is 2.89 bits per heavy atom. The highest BCUT2D eigenvalue weighted by Crippen LogP contribution is 2.29. The van der Waals surface area contributed by atoms with Gasteiger partial charge in [-0.3, -0.25) is 4.79 Å². The third-order valence-corrected chi connectivity index (χ3v) is 4.66. The van der Waals surface area contributed by atoms with Crippen LogP contribution in [-0.4, -0.2) is 45.0 Å². The highest BCUT2D eigenvalue weighted by molar-refractivity contribution is 7.99. The van der Waals surface area contributed by atoms with Gasteiger partial charge in [0.05, 0.1) is 11.9 Å². The standard InChI is InChI=1S/C16H16F3N5O2S/c1-9-11(4-5-20-14(25)8-27-15-7-21-24-23-15)12-6-10(26-16(17,18)19)2-3-13(12)22-9/h2-3,6-7,22H,4-5,8H2,1H3,(H,20,25)(H,21,23,24). The normalized spacial score (nSPS) is 11.7. The predicted octanol–water partition coefficient (Wildman–Crippen LogP) is 2.94. The summed E-state index contributed by atoms with van der Waals surface area (Å²) >= 11 is 1.25. The van der Waals surface area contributed by atoms with E-state index in [1.54, 1.807) is 6.07 Å². The number of halogens is 3.